The number of aliphatic hydroxyl groups is 1. The van der Waals surface area contributed by atoms with Crippen molar-refractivity contribution < 1.29 is 32.9 Å². The molecule has 0 aliphatic carbocycles. The topological polar surface area (TPSA) is 108 Å². The molecule has 3 unspecified atom stereocenters. The molecule has 0 saturated heterocycles. The van der Waals surface area contributed by atoms with E-state index in [1.54, 1.807) is 0 Å². The molecule has 242 valence electrons. The number of nitrogens with zero attached hydrogens (tertiary/aromatic N) is 1. The highest BCUT2D eigenvalue weighted by molar-refractivity contribution is 7.45. The van der Waals surface area contributed by atoms with Crippen LogP contribution in [0, 0.1) is 0 Å². The van der Waals surface area contributed by atoms with Crippen molar-refractivity contribution in [2.45, 2.75) is 135 Å². The molecule has 0 spiro atoms. The molecule has 2 N–H and O–H groups in total. The van der Waals surface area contributed by atoms with Gasteiger partial charge in [-0.2, -0.15) is 0 Å². The fourth-order valence-electron chi connectivity index (χ4n) is 4.23. The van der Waals surface area contributed by atoms with Crippen LogP contribution in [0.4, 0.5) is 0 Å². The molecule has 3 atom stereocenters. The van der Waals surface area contributed by atoms with Gasteiger partial charge in [-0.05, 0) is 38.5 Å². The van der Waals surface area contributed by atoms with Gasteiger partial charge in [0.2, 0.25) is 5.91 Å². The number of hydrogen-bond donors (Lipinski definition) is 2. The number of carbonyl (C=O) groups excluding carboxylic acids is 1. The average Bonchev–Trinajstić information content (AvgIpc) is 2.90. The molecular weight excluding hydrogens is 539 g/mol. The van der Waals surface area contributed by atoms with Crippen LogP contribution in [-0.4, -0.2) is 68.5 Å². The van der Waals surface area contributed by atoms with Crippen LogP contribution >= 0.6 is 7.82 Å². The molecule has 0 bridgehead atoms. The third kappa shape index (κ3) is 27.6. The van der Waals surface area contributed by atoms with Gasteiger partial charge in [0.15, 0.2) is 0 Å². The van der Waals surface area contributed by atoms with Gasteiger partial charge in [-0.15, -0.1) is 0 Å². The number of quaternary nitrogens is 1. The lowest BCUT2D eigenvalue weighted by Gasteiger charge is -2.30. The van der Waals surface area contributed by atoms with E-state index in [-0.39, 0.29) is 19.1 Å². The highest BCUT2D eigenvalue weighted by Crippen LogP contribution is 2.38. The molecule has 0 aliphatic rings. The molecule has 0 aromatic rings. The van der Waals surface area contributed by atoms with Gasteiger partial charge in [-0.1, -0.05) is 102 Å². The number of rotatable bonds is 28. The maximum atomic E-state index is 12.6. The maximum Gasteiger partial charge on any atom is 0.268 e. The number of allylic oxidation sites excluding steroid dienone is 4. The predicted octanol–water partition coefficient (Wildman–Crippen LogP) is 6.82. The van der Waals surface area contributed by atoms with Gasteiger partial charge in [0, 0.05) is 6.42 Å². The summed E-state index contributed by atoms with van der Waals surface area (Å²) in [6.45, 7) is 4.53. The minimum Gasteiger partial charge on any atom is -0.756 e. The van der Waals surface area contributed by atoms with Crippen LogP contribution in [0.15, 0.2) is 24.3 Å². The number of hydrogen-bond acceptors (Lipinski definition) is 6. The van der Waals surface area contributed by atoms with E-state index < -0.39 is 20.0 Å². The normalized spacial score (nSPS) is 15.4. The fourth-order valence-corrected chi connectivity index (χ4v) is 4.95. The first-order valence-corrected chi connectivity index (χ1v) is 17.6. The van der Waals surface area contributed by atoms with Gasteiger partial charge >= 0.3 is 0 Å². The zero-order valence-corrected chi connectivity index (χ0v) is 27.9. The van der Waals surface area contributed by atoms with Gasteiger partial charge in [0.25, 0.3) is 7.82 Å². The molecule has 41 heavy (non-hydrogen) atoms. The Balaban J connectivity index is 4.43. The summed E-state index contributed by atoms with van der Waals surface area (Å²) in [6.07, 6.45) is 25.0. The number of phosphoric ester groups is 1. The fraction of sp³-hybridized carbons (Fsp3) is 0.844. The second kappa shape index (κ2) is 25.5. The Morgan fingerprint density at radius 2 is 1.44 bits per heavy atom. The van der Waals surface area contributed by atoms with Crippen molar-refractivity contribution in [1.29, 1.82) is 0 Å². The van der Waals surface area contributed by atoms with E-state index >= 15 is 0 Å². The lowest BCUT2D eigenvalue weighted by Crippen LogP contribution is -2.46. The zero-order valence-electron chi connectivity index (χ0n) is 27.0. The standard InChI is InChI=1S/C32H63N2O6P/c1-6-8-10-12-13-14-15-16-17-18-19-20-22-24-26-32(36)33-30(31(35)25-23-21-11-9-7-2)29-40-41(37,38)39-28-27-34(3,4)5/h12-13,15-16,30-31,35H,6-11,14,17-29H2,1-5H3,(H-,33,36,37,38)/b13-12-,16-15-. The Morgan fingerprint density at radius 3 is 2.10 bits per heavy atom. The van der Waals surface area contributed by atoms with Crippen LogP contribution in [0.3, 0.4) is 0 Å². The number of carbonyl (C=O) groups is 1. The van der Waals surface area contributed by atoms with Crippen molar-refractivity contribution in [2.24, 2.45) is 0 Å². The summed E-state index contributed by atoms with van der Waals surface area (Å²) in [4.78, 5) is 24.9. The third-order valence-electron chi connectivity index (χ3n) is 6.94. The quantitative estimate of drug-likeness (QED) is 0.0440. The van der Waals surface area contributed by atoms with Crippen LogP contribution in [0.2, 0.25) is 0 Å². The van der Waals surface area contributed by atoms with Crippen molar-refractivity contribution in [3.63, 3.8) is 0 Å². The molecule has 0 rings (SSSR count). The van der Waals surface area contributed by atoms with Crippen molar-refractivity contribution >= 4 is 13.7 Å². The monoisotopic (exact) mass is 602 g/mol. The molecule has 0 aromatic heterocycles. The number of unbranched alkanes of at least 4 members (excludes halogenated alkanes) is 11. The lowest BCUT2D eigenvalue weighted by molar-refractivity contribution is -0.870. The molecule has 0 aliphatic heterocycles. The van der Waals surface area contributed by atoms with Crippen molar-refractivity contribution in [3.05, 3.63) is 24.3 Å². The second-order valence-corrected chi connectivity index (χ2v) is 13.6. The van der Waals surface area contributed by atoms with E-state index in [1.807, 2.05) is 21.1 Å². The first kappa shape index (κ1) is 40.0. The van der Waals surface area contributed by atoms with E-state index in [0.29, 0.717) is 23.9 Å². The first-order chi connectivity index (χ1) is 19.5. The Labute approximate surface area is 252 Å². The summed E-state index contributed by atoms with van der Waals surface area (Å²) < 4.78 is 22.9. The van der Waals surface area contributed by atoms with Gasteiger partial charge in [-0.3, -0.25) is 9.36 Å². The summed E-state index contributed by atoms with van der Waals surface area (Å²) in [5.74, 6) is -0.190. The van der Waals surface area contributed by atoms with E-state index in [2.05, 4.69) is 43.5 Å². The van der Waals surface area contributed by atoms with E-state index in [1.165, 1.54) is 19.3 Å². The van der Waals surface area contributed by atoms with Gasteiger partial charge in [-0.25, -0.2) is 0 Å². The zero-order chi connectivity index (χ0) is 30.8. The predicted molar refractivity (Wildman–Crippen MR) is 168 cm³/mol. The lowest BCUT2D eigenvalue weighted by atomic mass is 10.0. The number of likely N-dealkylation sites (N-methyl/N-ethyl adjacent to an activating group) is 1. The van der Waals surface area contributed by atoms with Crippen LogP contribution in [0.5, 0.6) is 0 Å². The number of phosphoric acid groups is 1. The largest absolute Gasteiger partial charge is 0.756 e. The Hall–Kier alpha value is -1.02. The molecule has 0 radical (unpaired) electrons. The second-order valence-electron chi connectivity index (χ2n) is 12.2. The van der Waals surface area contributed by atoms with Gasteiger partial charge in [0.05, 0.1) is 39.9 Å². The van der Waals surface area contributed by atoms with Crippen LogP contribution in [0.25, 0.3) is 0 Å². The van der Waals surface area contributed by atoms with Gasteiger partial charge in [0.1, 0.15) is 13.2 Å². The summed E-state index contributed by atoms with van der Waals surface area (Å²) in [5, 5.41) is 13.6. The van der Waals surface area contributed by atoms with E-state index in [4.69, 9.17) is 9.05 Å². The summed E-state index contributed by atoms with van der Waals surface area (Å²) >= 11 is 0. The van der Waals surface area contributed by atoms with Crippen molar-refractivity contribution in [2.75, 3.05) is 40.9 Å². The molecule has 0 aromatic carbocycles. The molecule has 0 saturated carbocycles. The summed E-state index contributed by atoms with van der Waals surface area (Å²) in [7, 11) is 1.28. The Kier molecular flexibility index (Phi) is 24.8. The SMILES string of the molecule is CCCC/C=C\C/C=C\CCCCCCCC(=O)NC(COP(=O)([O-])OCC[N+](C)(C)C)C(O)CCCCCCC. The Morgan fingerprint density at radius 1 is 0.854 bits per heavy atom. The van der Waals surface area contributed by atoms with Crippen LogP contribution in [-0.2, 0) is 18.4 Å². The van der Waals surface area contributed by atoms with Crippen LogP contribution in [0.1, 0.15) is 123 Å². The minimum absolute atomic E-state index is 0.00798. The highest BCUT2D eigenvalue weighted by Gasteiger charge is 2.24. The third-order valence-corrected chi connectivity index (χ3v) is 7.91. The van der Waals surface area contributed by atoms with Gasteiger partial charge < -0.3 is 28.8 Å². The van der Waals surface area contributed by atoms with Crippen molar-refractivity contribution in [3.8, 4) is 0 Å². The molecule has 0 heterocycles. The number of aliphatic hydroxyl groups excluding tert-OH is 1. The highest BCUT2D eigenvalue weighted by atomic mass is 31.2. The molecular formula is C32H63N2O6P. The number of nitrogens with one attached hydrogen (secondary N) is 1. The first-order valence-electron chi connectivity index (χ1n) is 16.2. The molecule has 1 amide bonds. The van der Waals surface area contributed by atoms with E-state index in [9.17, 15) is 19.4 Å². The van der Waals surface area contributed by atoms with Crippen molar-refractivity contribution in [1.82, 2.24) is 5.32 Å². The smallest absolute Gasteiger partial charge is 0.268 e. The summed E-state index contributed by atoms with van der Waals surface area (Å²) in [6, 6.07) is -0.800. The minimum atomic E-state index is -4.54. The molecule has 8 nitrogen and oxygen atoms in total. The Bertz CT molecular complexity index is 738. The van der Waals surface area contributed by atoms with E-state index in [0.717, 1.165) is 77.0 Å². The maximum absolute atomic E-state index is 12.6. The average molecular weight is 603 g/mol. The molecule has 9 heteroatoms. The number of amides is 1. The molecule has 0 fully saturated rings. The van der Waals surface area contributed by atoms with Crippen LogP contribution < -0.4 is 10.2 Å². The summed E-state index contributed by atoms with van der Waals surface area (Å²) in [5.41, 5.74) is 0.